The molecule has 62 valence electrons. The molecule has 0 radical (unpaired) electrons. The quantitative estimate of drug-likeness (QED) is 0.656. The van der Waals surface area contributed by atoms with Crippen molar-refractivity contribution in [1.29, 1.82) is 0 Å². The summed E-state index contributed by atoms with van der Waals surface area (Å²) in [6, 6.07) is 0. The second-order valence-corrected chi connectivity index (χ2v) is 7.82. The fraction of sp³-hybridized carbons (Fsp3) is 1.00. The van der Waals surface area contributed by atoms with Gasteiger partial charge in [-0.3, -0.25) is 0 Å². The smallest absolute Gasteiger partial charge is 0.0558 e. The second kappa shape index (κ2) is 9.35. The maximum absolute atomic E-state index is 2.35. The molecular weight excluding hydrogens is 265 g/mol. The van der Waals surface area contributed by atoms with Crippen LogP contribution in [0.5, 0.6) is 0 Å². The van der Waals surface area contributed by atoms with E-state index in [-0.39, 0.29) is 40.1 Å². The van der Waals surface area contributed by atoms with E-state index in [1.165, 1.54) is 6.16 Å². The predicted molar refractivity (Wildman–Crippen MR) is 50.6 cm³/mol. The van der Waals surface area contributed by atoms with E-state index in [4.69, 9.17) is 0 Å². The fourth-order valence-corrected chi connectivity index (χ4v) is 0. The molecule has 0 unspecified atom stereocenters. The third-order valence-electron chi connectivity index (χ3n) is 0.949. The van der Waals surface area contributed by atoms with Gasteiger partial charge in [-0.1, -0.05) is 0 Å². The van der Waals surface area contributed by atoms with Gasteiger partial charge in [-0.15, -0.1) is 17.0 Å². The van der Waals surface area contributed by atoms with Gasteiger partial charge in [-0.2, -0.15) is 0 Å². The summed E-state index contributed by atoms with van der Waals surface area (Å²) >= 11 is 0. The molecule has 0 rings (SSSR count). The second-order valence-electron chi connectivity index (χ2n) is 2.61. The van der Waals surface area contributed by atoms with Crippen molar-refractivity contribution < 1.29 is 17.0 Å². The fourth-order valence-electron chi connectivity index (χ4n) is 0. The zero-order valence-electron chi connectivity index (χ0n) is 6.65. The first kappa shape index (κ1) is 22.4. The van der Waals surface area contributed by atoms with Gasteiger partial charge in [0.2, 0.25) is 0 Å². The SMILES string of the molecule is Br.CC[P+](C)(C)C.N.[Br-]. The average molecular weight is 283 g/mol. The van der Waals surface area contributed by atoms with Gasteiger partial charge in [0, 0.05) is 27.3 Å². The van der Waals surface area contributed by atoms with Crippen LogP contribution in [0.2, 0.25) is 0 Å². The Labute approximate surface area is 80.4 Å². The van der Waals surface area contributed by atoms with Gasteiger partial charge < -0.3 is 23.1 Å². The van der Waals surface area contributed by atoms with Crippen LogP contribution in [0.4, 0.5) is 0 Å². The van der Waals surface area contributed by atoms with E-state index in [0.717, 1.165) is 0 Å². The van der Waals surface area contributed by atoms with Crippen LogP contribution in [0.1, 0.15) is 6.92 Å². The number of halogens is 2. The van der Waals surface area contributed by atoms with Crippen molar-refractivity contribution in [3.63, 3.8) is 0 Å². The summed E-state index contributed by atoms with van der Waals surface area (Å²) in [5.41, 5.74) is 0. The molecule has 0 aromatic carbocycles. The van der Waals surface area contributed by atoms with Gasteiger partial charge in [0.15, 0.2) is 0 Å². The summed E-state index contributed by atoms with van der Waals surface area (Å²) in [6.07, 6.45) is 1.38. The largest absolute Gasteiger partial charge is 1.00 e. The molecule has 0 atom stereocenters. The van der Waals surface area contributed by atoms with Crippen LogP contribution >= 0.6 is 24.2 Å². The Kier molecular flexibility index (Phi) is 23.3. The van der Waals surface area contributed by atoms with Crippen LogP contribution < -0.4 is 23.1 Å². The highest BCUT2D eigenvalue weighted by Crippen LogP contribution is 2.45. The first-order chi connectivity index (χ1) is 2.56. The molecule has 3 N–H and O–H groups in total. The summed E-state index contributed by atoms with van der Waals surface area (Å²) in [5, 5.41) is 0. The minimum absolute atomic E-state index is 0. The highest BCUT2D eigenvalue weighted by molar-refractivity contribution is 8.93. The number of hydrogen-bond donors (Lipinski definition) is 1. The minimum atomic E-state index is -0.397. The third kappa shape index (κ3) is 26.7. The molecule has 0 amide bonds. The summed E-state index contributed by atoms with van der Waals surface area (Å²) in [4.78, 5) is 0. The first-order valence-corrected chi connectivity index (χ1v) is 5.68. The highest BCUT2D eigenvalue weighted by Gasteiger charge is 2.10. The maximum atomic E-state index is 2.35. The molecule has 0 heterocycles. The van der Waals surface area contributed by atoms with Crippen molar-refractivity contribution in [2.45, 2.75) is 6.92 Å². The number of hydrogen-bond acceptors (Lipinski definition) is 1. The van der Waals surface area contributed by atoms with E-state index in [0.29, 0.717) is 0 Å². The van der Waals surface area contributed by atoms with Crippen LogP contribution in [0, 0.1) is 0 Å². The Balaban J connectivity index is -0.0000000417. The first-order valence-electron chi connectivity index (χ1n) is 2.36. The van der Waals surface area contributed by atoms with Gasteiger partial charge in [0.05, 0.1) is 6.16 Å². The van der Waals surface area contributed by atoms with Gasteiger partial charge in [0.25, 0.3) is 0 Å². The molecule has 0 aliphatic rings. The normalized spacial score (nSPS) is 8.00. The van der Waals surface area contributed by atoms with Crippen LogP contribution in [0.3, 0.4) is 0 Å². The van der Waals surface area contributed by atoms with Crippen LogP contribution in [-0.2, 0) is 0 Å². The number of rotatable bonds is 1. The summed E-state index contributed by atoms with van der Waals surface area (Å²) in [7, 11) is -0.397. The molecule has 0 spiro atoms. The Morgan fingerprint density at radius 3 is 1.22 bits per heavy atom. The van der Waals surface area contributed by atoms with Crippen molar-refractivity contribution in [2.24, 2.45) is 0 Å². The molecule has 4 heteroatoms. The molecule has 0 saturated heterocycles. The Bertz CT molecular complexity index is 44.7. The summed E-state index contributed by atoms with van der Waals surface area (Å²) in [6.45, 7) is 9.32. The third-order valence-corrected chi connectivity index (χ3v) is 2.85. The standard InChI is InChI=1S/C5H14P.2BrH.H3N/c1-5-6(2,3)4;;;/h5H2,1-4H3;2*1H;1H3/q+1;;;/p-1. The Morgan fingerprint density at radius 2 is 1.22 bits per heavy atom. The molecule has 9 heavy (non-hydrogen) atoms. The molecule has 0 aliphatic carbocycles. The topological polar surface area (TPSA) is 35.0 Å². The Hall–Kier alpha value is 1.35. The molecule has 0 fully saturated rings. The molecule has 0 bridgehead atoms. The van der Waals surface area contributed by atoms with Gasteiger partial charge in [0.1, 0.15) is 0 Å². The van der Waals surface area contributed by atoms with Gasteiger partial charge >= 0.3 is 0 Å². The van der Waals surface area contributed by atoms with E-state index in [9.17, 15) is 0 Å². The highest BCUT2D eigenvalue weighted by atomic mass is 79.9. The monoisotopic (exact) mass is 281 g/mol. The van der Waals surface area contributed by atoms with E-state index in [1.54, 1.807) is 0 Å². The molecule has 1 nitrogen and oxygen atoms in total. The van der Waals surface area contributed by atoms with Gasteiger partial charge in [-0.05, 0) is 6.92 Å². The summed E-state index contributed by atoms with van der Waals surface area (Å²) in [5.74, 6) is 0. The van der Waals surface area contributed by atoms with Crippen molar-refractivity contribution in [3.05, 3.63) is 0 Å². The zero-order chi connectivity index (χ0) is 5.21. The average Bonchev–Trinajstić information content (AvgIpc) is 1.35. The van der Waals surface area contributed by atoms with E-state index >= 15 is 0 Å². The van der Waals surface area contributed by atoms with Crippen molar-refractivity contribution in [2.75, 3.05) is 26.2 Å². The lowest BCUT2D eigenvalue weighted by molar-refractivity contribution is -0.00000224. The zero-order valence-corrected chi connectivity index (χ0v) is 10.8. The molecule has 0 aliphatic heterocycles. The van der Waals surface area contributed by atoms with Gasteiger partial charge in [-0.25, -0.2) is 0 Å². The van der Waals surface area contributed by atoms with Crippen molar-refractivity contribution in [1.82, 2.24) is 6.15 Å². The minimum Gasteiger partial charge on any atom is -1.00 e. The van der Waals surface area contributed by atoms with E-state index in [2.05, 4.69) is 26.9 Å². The van der Waals surface area contributed by atoms with Crippen molar-refractivity contribution in [3.8, 4) is 0 Å². The Morgan fingerprint density at radius 1 is 1.11 bits per heavy atom. The molecule has 0 aromatic rings. The lowest BCUT2D eigenvalue weighted by Crippen LogP contribution is -3.00. The maximum Gasteiger partial charge on any atom is 0.0558 e. The summed E-state index contributed by atoms with van der Waals surface area (Å²) < 4.78 is 0. The van der Waals surface area contributed by atoms with Crippen LogP contribution in [0.25, 0.3) is 0 Å². The van der Waals surface area contributed by atoms with E-state index in [1.807, 2.05) is 0 Å². The van der Waals surface area contributed by atoms with E-state index < -0.39 is 7.26 Å². The van der Waals surface area contributed by atoms with Crippen LogP contribution in [0.15, 0.2) is 0 Å². The van der Waals surface area contributed by atoms with Crippen LogP contribution in [-0.4, -0.2) is 26.2 Å². The molecule has 0 aromatic heterocycles. The lowest BCUT2D eigenvalue weighted by Gasteiger charge is -2.05. The van der Waals surface area contributed by atoms with Crippen molar-refractivity contribution >= 4 is 24.2 Å². The predicted octanol–water partition coefficient (Wildman–Crippen LogP) is -0.343. The molecular formula is C5H18Br2NP. The molecule has 0 saturated carbocycles. The lowest BCUT2D eigenvalue weighted by atomic mass is 11.0.